The molecular formula is C20H20OSi. The summed E-state index contributed by atoms with van der Waals surface area (Å²) >= 11 is 0. The molecule has 1 N–H and O–H groups in total. The van der Waals surface area contributed by atoms with Gasteiger partial charge in [0.25, 0.3) is 8.32 Å². The van der Waals surface area contributed by atoms with Crippen LogP contribution in [-0.4, -0.2) is 13.1 Å². The molecule has 0 saturated carbocycles. The van der Waals surface area contributed by atoms with Crippen molar-refractivity contribution in [2.24, 2.45) is 0 Å². The van der Waals surface area contributed by atoms with Gasteiger partial charge in [-0.3, -0.25) is 0 Å². The van der Waals surface area contributed by atoms with Gasteiger partial charge < -0.3 is 4.80 Å². The maximum Gasteiger partial charge on any atom is 0.252 e. The fraction of sp³-hybridized carbons (Fsp3) is 0.100. The molecule has 0 fully saturated rings. The third-order valence-corrected chi connectivity index (χ3v) is 7.67. The first kappa shape index (κ1) is 14.8. The van der Waals surface area contributed by atoms with Gasteiger partial charge in [-0.1, -0.05) is 91.0 Å². The Morgan fingerprint density at radius 3 is 1.45 bits per heavy atom. The van der Waals surface area contributed by atoms with E-state index in [0.717, 1.165) is 22.8 Å². The van der Waals surface area contributed by atoms with Gasteiger partial charge in [0, 0.05) is 0 Å². The molecule has 0 aliphatic heterocycles. The van der Waals surface area contributed by atoms with E-state index in [4.69, 9.17) is 0 Å². The predicted molar refractivity (Wildman–Crippen MR) is 95.1 cm³/mol. The van der Waals surface area contributed by atoms with Gasteiger partial charge >= 0.3 is 0 Å². The van der Waals surface area contributed by atoms with Gasteiger partial charge in [-0.05, 0) is 28.4 Å². The molecule has 110 valence electrons. The summed E-state index contributed by atoms with van der Waals surface area (Å²) in [4.78, 5) is 11.6. The SMILES string of the molecule is O[Si](CCc1ccccc1)(c1ccccc1)c1ccccc1. The van der Waals surface area contributed by atoms with Crippen LogP contribution in [0.15, 0.2) is 91.0 Å². The molecule has 0 radical (unpaired) electrons. The summed E-state index contributed by atoms with van der Waals surface area (Å²) in [6.45, 7) is 0. The number of rotatable bonds is 5. The monoisotopic (exact) mass is 304 g/mol. The third-order valence-electron chi connectivity index (χ3n) is 4.12. The molecule has 0 saturated heterocycles. The van der Waals surface area contributed by atoms with Crippen molar-refractivity contribution >= 4 is 18.7 Å². The van der Waals surface area contributed by atoms with Crippen molar-refractivity contribution in [3.05, 3.63) is 96.6 Å². The van der Waals surface area contributed by atoms with Crippen LogP contribution in [0.2, 0.25) is 6.04 Å². The maximum atomic E-state index is 11.6. The zero-order chi connectivity index (χ0) is 15.3. The largest absolute Gasteiger partial charge is 0.424 e. The first-order chi connectivity index (χ1) is 10.8. The van der Waals surface area contributed by atoms with Gasteiger partial charge in [-0.2, -0.15) is 0 Å². The number of hydrogen-bond acceptors (Lipinski definition) is 1. The Bertz CT molecular complexity index is 656. The zero-order valence-corrected chi connectivity index (χ0v) is 13.5. The van der Waals surface area contributed by atoms with Crippen molar-refractivity contribution in [3.8, 4) is 0 Å². The minimum absolute atomic E-state index is 0.797. The average Bonchev–Trinajstić information content (AvgIpc) is 2.62. The second kappa shape index (κ2) is 6.73. The van der Waals surface area contributed by atoms with E-state index >= 15 is 0 Å². The molecule has 22 heavy (non-hydrogen) atoms. The smallest absolute Gasteiger partial charge is 0.252 e. The van der Waals surface area contributed by atoms with Crippen molar-refractivity contribution < 1.29 is 4.80 Å². The van der Waals surface area contributed by atoms with Crippen LogP contribution in [0, 0.1) is 0 Å². The summed E-state index contributed by atoms with van der Waals surface area (Å²) in [6.07, 6.45) is 0.896. The van der Waals surface area contributed by atoms with Gasteiger partial charge in [0.05, 0.1) is 0 Å². The minimum Gasteiger partial charge on any atom is -0.424 e. The summed E-state index contributed by atoms with van der Waals surface area (Å²) in [7, 11) is -2.68. The number of hydrogen-bond donors (Lipinski definition) is 1. The second-order valence-electron chi connectivity index (χ2n) is 5.58. The molecule has 0 bridgehead atoms. The molecule has 0 amide bonds. The van der Waals surface area contributed by atoms with Gasteiger partial charge in [-0.15, -0.1) is 0 Å². The van der Waals surface area contributed by atoms with Crippen LogP contribution in [0.3, 0.4) is 0 Å². The molecular weight excluding hydrogens is 284 g/mol. The Labute approximate surface area is 133 Å². The van der Waals surface area contributed by atoms with E-state index in [1.54, 1.807) is 0 Å². The van der Waals surface area contributed by atoms with Crippen LogP contribution in [0.4, 0.5) is 0 Å². The molecule has 0 aliphatic carbocycles. The van der Waals surface area contributed by atoms with Crippen LogP contribution in [-0.2, 0) is 6.42 Å². The topological polar surface area (TPSA) is 20.2 Å². The highest BCUT2D eigenvalue weighted by Gasteiger charge is 2.35. The van der Waals surface area contributed by atoms with E-state index in [9.17, 15) is 4.80 Å². The summed E-state index contributed by atoms with van der Waals surface area (Å²) in [5, 5.41) is 2.16. The summed E-state index contributed by atoms with van der Waals surface area (Å²) in [5.74, 6) is 0. The maximum absolute atomic E-state index is 11.6. The first-order valence-electron chi connectivity index (χ1n) is 7.66. The molecule has 2 heteroatoms. The van der Waals surface area contributed by atoms with Crippen molar-refractivity contribution in [1.82, 2.24) is 0 Å². The average molecular weight is 304 g/mol. The summed E-state index contributed by atoms with van der Waals surface area (Å²) in [5.41, 5.74) is 1.28. The zero-order valence-electron chi connectivity index (χ0n) is 12.5. The molecule has 3 aromatic carbocycles. The number of benzene rings is 3. The Hall–Kier alpha value is -2.16. The molecule has 0 aromatic heterocycles. The van der Waals surface area contributed by atoms with Crippen molar-refractivity contribution in [2.45, 2.75) is 12.5 Å². The fourth-order valence-corrected chi connectivity index (χ4v) is 5.90. The van der Waals surface area contributed by atoms with Crippen LogP contribution in [0.1, 0.15) is 5.56 Å². The molecule has 0 unspecified atom stereocenters. The second-order valence-corrected chi connectivity index (χ2v) is 8.95. The lowest BCUT2D eigenvalue weighted by Crippen LogP contribution is -2.58. The van der Waals surface area contributed by atoms with Crippen LogP contribution in [0.25, 0.3) is 0 Å². The van der Waals surface area contributed by atoms with E-state index < -0.39 is 8.32 Å². The standard InChI is InChI=1S/C20H20OSi/c21-22(19-12-6-2-7-13-19,20-14-8-3-9-15-20)17-16-18-10-4-1-5-11-18/h1-15,21H,16-17H2. The normalized spacial score (nSPS) is 11.3. The Morgan fingerprint density at radius 2 is 1.00 bits per heavy atom. The third kappa shape index (κ3) is 3.19. The van der Waals surface area contributed by atoms with Crippen LogP contribution in [0.5, 0.6) is 0 Å². The van der Waals surface area contributed by atoms with Gasteiger partial charge in [0.2, 0.25) is 0 Å². The number of aryl methyl sites for hydroxylation is 1. The van der Waals surface area contributed by atoms with Gasteiger partial charge in [0.15, 0.2) is 0 Å². The lowest BCUT2D eigenvalue weighted by Gasteiger charge is -2.26. The molecule has 0 atom stereocenters. The fourth-order valence-electron chi connectivity index (χ4n) is 2.85. The van der Waals surface area contributed by atoms with E-state index in [2.05, 4.69) is 48.5 Å². The Kier molecular flexibility index (Phi) is 4.52. The first-order valence-corrected chi connectivity index (χ1v) is 9.82. The minimum atomic E-state index is -2.68. The molecule has 0 spiro atoms. The Balaban J connectivity index is 1.93. The lowest BCUT2D eigenvalue weighted by molar-refractivity contribution is 0.563. The molecule has 1 nitrogen and oxygen atoms in total. The Morgan fingerprint density at radius 1 is 0.591 bits per heavy atom. The van der Waals surface area contributed by atoms with E-state index in [-0.39, 0.29) is 0 Å². The van der Waals surface area contributed by atoms with E-state index in [1.165, 1.54) is 5.56 Å². The summed E-state index contributed by atoms with van der Waals surface area (Å²) < 4.78 is 0. The van der Waals surface area contributed by atoms with Crippen molar-refractivity contribution in [3.63, 3.8) is 0 Å². The van der Waals surface area contributed by atoms with Crippen molar-refractivity contribution in [1.29, 1.82) is 0 Å². The highest BCUT2D eigenvalue weighted by Crippen LogP contribution is 2.13. The van der Waals surface area contributed by atoms with E-state index in [0.29, 0.717) is 0 Å². The van der Waals surface area contributed by atoms with Crippen LogP contribution < -0.4 is 10.4 Å². The van der Waals surface area contributed by atoms with Gasteiger partial charge in [-0.25, -0.2) is 0 Å². The summed E-state index contributed by atoms with van der Waals surface area (Å²) in [6, 6.07) is 31.5. The van der Waals surface area contributed by atoms with E-state index in [1.807, 2.05) is 42.5 Å². The molecule has 0 heterocycles. The van der Waals surface area contributed by atoms with Gasteiger partial charge in [0.1, 0.15) is 0 Å². The van der Waals surface area contributed by atoms with Crippen LogP contribution >= 0.6 is 0 Å². The highest BCUT2D eigenvalue weighted by atomic mass is 28.4. The quantitative estimate of drug-likeness (QED) is 0.719. The molecule has 3 aromatic rings. The lowest BCUT2D eigenvalue weighted by atomic mass is 10.2. The molecule has 3 rings (SSSR count). The van der Waals surface area contributed by atoms with Crippen molar-refractivity contribution in [2.75, 3.05) is 0 Å². The predicted octanol–water partition coefficient (Wildman–Crippen LogP) is 2.98. The highest BCUT2D eigenvalue weighted by molar-refractivity contribution is 6.96. The molecule has 0 aliphatic rings.